The highest BCUT2D eigenvalue weighted by Gasteiger charge is 2.36. The number of alkyl carbamates (subject to hydrolysis) is 1. The van der Waals surface area contributed by atoms with Gasteiger partial charge < -0.3 is 14.8 Å². The van der Waals surface area contributed by atoms with Crippen LogP contribution in [-0.4, -0.2) is 36.1 Å². The first-order valence-corrected chi connectivity index (χ1v) is 8.44. The zero-order valence-corrected chi connectivity index (χ0v) is 14.6. The van der Waals surface area contributed by atoms with Gasteiger partial charge in [0.2, 0.25) is 0 Å². The molecule has 1 amide bonds. The first-order valence-electron chi connectivity index (χ1n) is 8.44. The van der Waals surface area contributed by atoms with Crippen molar-refractivity contribution in [2.45, 2.75) is 77.9 Å². The molecule has 1 N–H and O–H groups in total. The van der Waals surface area contributed by atoms with E-state index in [2.05, 4.69) is 5.32 Å². The van der Waals surface area contributed by atoms with E-state index in [9.17, 15) is 14.4 Å². The molecule has 23 heavy (non-hydrogen) atoms. The van der Waals surface area contributed by atoms with Crippen molar-refractivity contribution < 1.29 is 23.9 Å². The number of hydrogen-bond donors (Lipinski definition) is 1. The lowest BCUT2D eigenvalue weighted by Crippen LogP contribution is -2.51. The Bertz CT molecular complexity index is 421. The molecule has 1 saturated carbocycles. The van der Waals surface area contributed by atoms with E-state index < -0.39 is 23.7 Å². The molecule has 0 aromatic rings. The molecule has 0 spiro atoms. The third-order valence-corrected chi connectivity index (χ3v) is 3.64. The molecule has 0 aromatic carbocycles. The van der Waals surface area contributed by atoms with Crippen LogP contribution in [0.25, 0.3) is 0 Å². The molecule has 1 rings (SSSR count). The van der Waals surface area contributed by atoms with Crippen LogP contribution in [0.3, 0.4) is 0 Å². The fraction of sp³-hybridized carbons (Fsp3) is 0.824. The smallest absolute Gasteiger partial charge is 0.408 e. The first-order chi connectivity index (χ1) is 10.7. The molecule has 1 aliphatic carbocycles. The summed E-state index contributed by atoms with van der Waals surface area (Å²) in [5, 5.41) is 2.39. The monoisotopic (exact) mass is 327 g/mol. The number of Topliss-reactive ketones (excluding diaryl/α,β-unsaturated/α-hetero) is 1. The number of amides is 1. The zero-order valence-electron chi connectivity index (χ0n) is 14.6. The van der Waals surface area contributed by atoms with Gasteiger partial charge in [0.05, 0.1) is 6.61 Å². The number of nitrogens with one attached hydrogen (secondary N) is 1. The summed E-state index contributed by atoms with van der Waals surface area (Å²) in [6.07, 6.45) is 4.44. The molecule has 1 unspecified atom stereocenters. The molecular weight excluding hydrogens is 298 g/mol. The van der Waals surface area contributed by atoms with Gasteiger partial charge in [-0.25, -0.2) is 9.59 Å². The molecule has 0 radical (unpaired) electrons. The van der Waals surface area contributed by atoms with Crippen LogP contribution in [0.2, 0.25) is 0 Å². The van der Waals surface area contributed by atoms with Crippen molar-refractivity contribution in [3.05, 3.63) is 0 Å². The van der Waals surface area contributed by atoms with Crippen LogP contribution in [0.15, 0.2) is 0 Å². The molecule has 1 fully saturated rings. The van der Waals surface area contributed by atoms with Crippen LogP contribution in [0, 0.1) is 5.92 Å². The molecule has 0 bridgehead atoms. The summed E-state index contributed by atoms with van der Waals surface area (Å²) in [7, 11) is 0. The third-order valence-electron chi connectivity index (χ3n) is 3.64. The van der Waals surface area contributed by atoms with Gasteiger partial charge in [-0.1, -0.05) is 26.2 Å². The van der Waals surface area contributed by atoms with Crippen LogP contribution < -0.4 is 5.32 Å². The third kappa shape index (κ3) is 7.01. The summed E-state index contributed by atoms with van der Waals surface area (Å²) in [5.41, 5.74) is -0.699. The number of hydrogen-bond acceptors (Lipinski definition) is 5. The number of carbonyl (C=O) groups excluding carboxylic acids is 3. The van der Waals surface area contributed by atoms with Gasteiger partial charge in [-0.3, -0.25) is 4.79 Å². The van der Waals surface area contributed by atoms with Crippen LogP contribution in [0.5, 0.6) is 0 Å². The van der Waals surface area contributed by atoms with Gasteiger partial charge in [0.15, 0.2) is 11.8 Å². The molecule has 6 nitrogen and oxygen atoms in total. The van der Waals surface area contributed by atoms with Gasteiger partial charge in [-0.15, -0.1) is 0 Å². The van der Waals surface area contributed by atoms with Crippen molar-refractivity contribution in [1.29, 1.82) is 0 Å². The second-order valence-corrected chi connectivity index (χ2v) is 6.98. The van der Waals surface area contributed by atoms with E-state index in [1.807, 2.05) is 6.92 Å². The molecule has 0 aromatic heterocycles. The van der Waals surface area contributed by atoms with Crippen molar-refractivity contribution in [2.75, 3.05) is 6.61 Å². The summed E-state index contributed by atoms with van der Waals surface area (Å²) >= 11 is 0. The van der Waals surface area contributed by atoms with Crippen molar-refractivity contribution in [1.82, 2.24) is 5.32 Å². The number of ether oxygens (including phenoxy) is 2. The molecule has 0 heterocycles. The van der Waals surface area contributed by atoms with Gasteiger partial charge >= 0.3 is 12.1 Å². The van der Waals surface area contributed by atoms with Gasteiger partial charge in [-0.05, 0) is 40.0 Å². The topological polar surface area (TPSA) is 81.7 Å². The Balaban J connectivity index is 2.77. The molecule has 132 valence electrons. The summed E-state index contributed by atoms with van der Waals surface area (Å²) in [6, 6.07) is -1.28. The second kappa shape index (κ2) is 8.89. The highest BCUT2D eigenvalue weighted by Crippen LogP contribution is 2.25. The van der Waals surface area contributed by atoms with E-state index in [1.54, 1.807) is 20.8 Å². The Morgan fingerprint density at radius 2 is 1.74 bits per heavy atom. The average molecular weight is 327 g/mol. The maximum absolute atomic E-state index is 12.6. The minimum atomic E-state index is -1.28. The molecule has 0 saturated heterocycles. The van der Waals surface area contributed by atoms with E-state index in [-0.39, 0.29) is 18.3 Å². The van der Waals surface area contributed by atoms with Crippen LogP contribution in [0.1, 0.15) is 66.2 Å². The van der Waals surface area contributed by atoms with Gasteiger partial charge in [0.25, 0.3) is 0 Å². The van der Waals surface area contributed by atoms with Gasteiger partial charge in [0, 0.05) is 5.92 Å². The standard InChI is InChI=1S/C17H29NO5/c1-5-11-22-15(20)13(18-16(21)23-17(2,3)4)14(19)12-9-7-6-8-10-12/h12-13H,5-11H2,1-4H3,(H,18,21). The second-order valence-electron chi connectivity index (χ2n) is 6.98. The fourth-order valence-corrected chi connectivity index (χ4v) is 2.58. The Labute approximate surface area is 138 Å². The molecule has 1 atom stereocenters. The normalized spacial score (nSPS) is 17.2. The minimum Gasteiger partial charge on any atom is -0.464 e. The Kier molecular flexibility index (Phi) is 7.52. The van der Waals surface area contributed by atoms with Crippen LogP contribution >= 0.6 is 0 Å². The van der Waals surface area contributed by atoms with Crippen molar-refractivity contribution >= 4 is 17.8 Å². The molecular formula is C17H29NO5. The van der Waals surface area contributed by atoms with Gasteiger partial charge in [-0.2, -0.15) is 0 Å². The maximum Gasteiger partial charge on any atom is 0.408 e. The van der Waals surface area contributed by atoms with Gasteiger partial charge in [0.1, 0.15) is 5.60 Å². The van der Waals surface area contributed by atoms with E-state index in [4.69, 9.17) is 9.47 Å². The summed E-state index contributed by atoms with van der Waals surface area (Å²) in [5.74, 6) is -1.16. The lowest BCUT2D eigenvalue weighted by Gasteiger charge is -2.26. The van der Waals surface area contributed by atoms with Crippen LogP contribution in [-0.2, 0) is 19.1 Å². The highest BCUT2D eigenvalue weighted by atomic mass is 16.6. The minimum absolute atomic E-state index is 0.196. The number of carbonyl (C=O) groups is 3. The van der Waals surface area contributed by atoms with Crippen molar-refractivity contribution in [3.63, 3.8) is 0 Å². The first kappa shape index (κ1) is 19.5. The van der Waals surface area contributed by atoms with Crippen molar-refractivity contribution in [3.8, 4) is 0 Å². The van der Waals surface area contributed by atoms with E-state index in [0.29, 0.717) is 6.42 Å². The fourth-order valence-electron chi connectivity index (χ4n) is 2.58. The van der Waals surface area contributed by atoms with Crippen LogP contribution in [0.4, 0.5) is 4.79 Å². The Morgan fingerprint density at radius 3 is 2.26 bits per heavy atom. The predicted octanol–water partition coefficient (Wildman–Crippen LogP) is 2.98. The Hall–Kier alpha value is -1.59. The number of rotatable bonds is 6. The average Bonchev–Trinajstić information content (AvgIpc) is 2.48. The quantitative estimate of drug-likeness (QED) is 0.599. The summed E-state index contributed by atoms with van der Waals surface area (Å²) in [4.78, 5) is 36.7. The Morgan fingerprint density at radius 1 is 1.13 bits per heavy atom. The summed E-state index contributed by atoms with van der Waals surface area (Å²) in [6.45, 7) is 7.26. The molecule has 6 heteroatoms. The zero-order chi connectivity index (χ0) is 17.5. The van der Waals surface area contributed by atoms with Crippen molar-refractivity contribution in [2.24, 2.45) is 5.92 Å². The number of ketones is 1. The van der Waals surface area contributed by atoms with E-state index in [0.717, 1.165) is 32.1 Å². The molecule has 1 aliphatic rings. The summed E-state index contributed by atoms with van der Waals surface area (Å²) < 4.78 is 10.2. The highest BCUT2D eigenvalue weighted by molar-refractivity contribution is 6.06. The number of esters is 1. The predicted molar refractivity (Wildman–Crippen MR) is 86.0 cm³/mol. The van der Waals surface area contributed by atoms with E-state index in [1.165, 1.54) is 0 Å². The largest absolute Gasteiger partial charge is 0.464 e. The lowest BCUT2D eigenvalue weighted by atomic mass is 9.84. The maximum atomic E-state index is 12.6. The van der Waals surface area contributed by atoms with E-state index >= 15 is 0 Å². The molecule has 0 aliphatic heterocycles. The SMILES string of the molecule is CCCOC(=O)C(NC(=O)OC(C)(C)C)C(=O)C1CCCCC1. The lowest BCUT2D eigenvalue weighted by molar-refractivity contribution is -0.150.